The number of rotatable bonds is 4. The molecule has 1 rings (SSSR count). The standard InChI is InChI=1S/C16H23NO3/c1-6-13(15(19)20-5)17-14(18)11-7-9-12(10-8-11)16(2,3)4/h7-10,13H,6H2,1-5H3,(H,17,18)/t13-/m0/s1. The van der Waals surface area contributed by atoms with E-state index in [0.29, 0.717) is 12.0 Å². The number of hydrogen-bond acceptors (Lipinski definition) is 3. The van der Waals surface area contributed by atoms with Crippen molar-refractivity contribution in [3.05, 3.63) is 35.4 Å². The molecule has 1 aromatic rings. The highest BCUT2D eigenvalue weighted by molar-refractivity contribution is 5.96. The number of nitrogens with one attached hydrogen (secondary N) is 1. The maximum absolute atomic E-state index is 12.1. The second-order valence-corrected chi connectivity index (χ2v) is 5.78. The first-order valence-corrected chi connectivity index (χ1v) is 6.78. The number of methoxy groups -OCH3 is 1. The average molecular weight is 277 g/mol. The number of esters is 1. The molecule has 1 N–H and O–H groups in total. The van der Waals surface area contributed by atoms with E-state index >= 15 is 0 Å². The lowest BCUT2D eigenvalue weighted by Gasteiger charge is -2.19. The molecule has 110 valence electrons. The van der Waals surface area contributed by atoms with Gasteiger partial charge in [-0.05, 0) is 29.5 Å². The van der Waals surface area contributed by atoms with Crippen LogP contribution in [0.15, 0.2) is 24.3 Å². The number of carbonyl (C=O) groups excluding carboxylic acids is 2. The van der Waals surface area contributed by atoms with Crippen molar-refractivity contribution in [3.63, 3.8) is 0 Å². The third-order valence-electron chi connectivity index (χ3n) is 3.21. The lowest BCUT2D eigenvalue weighted by atomic mass is 9.86. The van der Waals surface area contributed by atoms with Crippen LogP contribution in [-0.4, -0.2) is 25.0 Å². The summed E-state index contributed by atoms with van der Waals surface area (Å²) < 4.78 is 4.65. The molecule has 0 aromatic heterocycles. The van der Waals surface area contributed by atoms with E-state index in [1.807, 2.05) is 19.1 Å². The van der Waals surface area contributed by atoms with Crippen LogP contribution in [0.2, 0.25) is 0 Å². The monoisotopic (exact) mass is 277 g/mol. The molecule has 4 heteroatoms. The maximum Gasteiger partial charge on any atom is 0.328 e. The molecule has 4 nitrogen and oxygen atoms in total. The summed E-state index contributed by atoms with van der Waals surface area (Å²) >= 11 is 0. The fourth-order valence-corrected chi connectivity index (χ4v) is 1.83. The van der Waals surface area contributed by atoms with E-state index in [1.165, 1.54) is 7.11 Å². The van der Waals surface area contributed by atoms with Crippen LogP contribution in [-0.2, 0) is 14.9 Å². The van der Waals surface area contributed by atoms with Gasteiger partial charge in [-0.15, -0.1) is 0 Å². The van der Waals surface area contributed by atoms with Crippen LogP contribution in [0.4, 0.5) is 0 Å². The average Bonchev–Trinajstić information content (AvgIpc) is 2.42. The summed E-state index contributed by atoms with van der Waals surface area (Å²) in [6, 6.07) is 6.83. The zero-order valence-corrected chi connectivity index (χ0v) is 12.8. The maximum atomic E-state index is 12.1. The molecule has 0 aliphatic carbocycles. The Kier molecular flexibility index (Phi) is 5.31. The number of hydrogen-bond donors (Lipinski definition) is 1. The topological polar surface area (TPSA) is 55.4 Å². The zero-order chi connectivity index (χ0) is 15.3. The Morgan fingerprint density at radius 3 is 2.15 bits per heavy atom. The van der Waals surface area contributed by atoms with Crippen molar-refractivity contribution < 1.29 is 14.3 Å². The van der Waals surface area contributed by atoms with Gasteiger partial charge >= 0.3 is 5.97 Å². The highest BCUT2D eigenvalue weighted by Gasteiger charge is 2.20. The smallest absolute Gasteiger partial charge is 0.328 e. The van der Waals surface area contributed by atoms with Crippen LogP contribution in [0.5, 0.6) is 0 Å². The van der Waals surface area contributed by atoms with E-state index in [1.54, 1.807) is 12.1 Å². The minimum Gasteiger partial charge on any atom is -0.467 e. The van der Waals surface area contributed by atoms with E-state index < -0.39 is 12.0 Å². The van der Waals surface area contributed by atoms with Gasteiger partial charge in [-0.3, -0.25) is 4.79 Å². The molecule has 0 saturated carbocycles. The van der Waals surface area contributed by atoms with Crippen molar-refractivity contribution in [2.24, 2.45) is 0 Å². The molecule has 1 aromatic carbocycles. The Bertz CT molecular complexity index is 471. The van der Waals surface area contributed by atoms with Crippen molar-refractivity contribution >= 4 is 11.9 Å². The van der Waals surface area contributed by atoms with Crippen LogP contribution >= 0.6 is 0 Å². The molecule has 0 heterocycles. The third kappa shape index (κ3) is 4.08. The van der Waals surface area contributed by atoms with Gasteiger partial charge in [0, 0.05) is 5.56 Å². The molecule has 0 aliphatic rings. The Morgan fingerprint density at radius 1 is 1.20 bits per heavy atom. The van der Waals surface area contributed by atoms with E-state index in [2.05, 4.69) is 30.8 Å². The van der Waals surface area contributed by atoms with Gasteiger partial charge in [0.1, 0.15) is 6.04 Å². The summed E-state index contributed by atoms with van der Waals surface area (Å²) in [5, 5.41) is 2.68. The highest BCUT2D eigenvalue weighted by Crippen LogP contribution is 2.22. The van der Waals surface area contributed by atoms with Crippen molar-refractivity contribution in [3.8, 4) is 0 Å². The Labute approximate surface area is 120 Å². The molecule has 0 unspecified atom stereocenters. The van der Waals surface area contributed by atoms with E-state index in [0.717, 1.165) is 5.56 Å². The van der Waals surface area contributed by atoms with Crippen LogP contribution in [0.25, 0.3) is 0 Å². The van der Waals surface area contributed by atoms with Gasteiger partial charge in [-0.2, -0.15) is 0 Å². The Morgan fingerprint density at radius 2 is 1.75 bits per heavy atom. The SMILES string of the molecule is CC[C@H](NC(=O)c1ccc(C(C)(C)C)cc1)C(=O)OC. The van der Waals surface area contributed by atoms with Crippen LogP contribution in [0, 0.1) is 0 Å². The van der Waals surface area contributed by atoms with Gasteiger partial charge in [0.15, 0.2) is 0 Å². The lowest BCUT2D eigenvalue weighted by molar-refractivity contribution is -0.142. The Hall–Kier alpha value is -1.84. The second kappa shape index (κ2) is 6.55. The number of ether oxygens (including phenoxy) is 1. The first-order chi connectivity index (χ1) is 9.29. The third-order valence-corrected chi connectivity index (χ3v) is 3.21. The van der Waals surface area contributed by atoms with E-state index in [9.17, 15) is 9.59 Å². The van der Waals surface area contributed by atoms with Crippen molar-refractivity contribution in [1.29, 1.82) is 0 Å². The fourth-order valence-electron chi connectivity index (χ4n) is 1.83. The predicted octanol–water partition coefficient (Wildman–Crippen LogP) is 2.67. The van der Waals surface area contributed by atoms with Gasteiger partial charge in [0.25, 0.3) is 5.91 Å². The van der Waals surface area contributed by atoms with Crippen molar-refractivity contribution in [2.75, 3.05) is 7.11 Å². The molecular formula is C16H23NO3. The van der Waals surface area contributed by atoms with Gasteiger partial charge < -0.3 is 10.1 Å². The molecule has 0 fully saturated rings. The number of benzene rings is 1. The summed E-state index contributed by atoms with van der Waals surface area (Å²) in [4.78, 5) is 23.5. The van der Waals surface area contributed by atoms with Crippen molar-refractivity contribution in [1.82, 2.24) is 5.32 Å². The van der Waals surface area contributed by atoms with Crippen molar-refractivity contribution in [2.45, 2.75) is 45.6 Å². The van der Waals surface area contributed by atoms with Crippen LogP contribution in [0.3, 0.4) is 0 Å². The summed E-state index contributed by atoms with van der Waals surface area (Å²) in [5.41, 5.74) is 1.75. The van der Waals surface area contributed by atoms with Gasteiger partial charge in [-0.25, -0.2) is 4.79 Å². The van der Waals surface area contributed by atoms with E-state index in [4.69, 9.17) is 0 Å². The highest BCUT2D eigenvalue weighted by atomic mass is 16.5. The normalized spacial score (nSPS) is 12.7. The van der Waals surface area contributed by atoms with Crippen LogP contribution < -0.4 is 5.32 Å². The molecular weight excluding hydrogens is 254 g/mol. The summed E-state index contributed by atoms with van der Waals surface area (Å²) in [5.74, 6) is -0.685. The number of amides is 1. The molecule has 1 atom stereocenters. The molecule has 0 saturated heterocycles. The first-order valence-electron chi connectivity index (χ1n) is 6.78. The van der Waals surface area contributed by atoms with Gasteiger partial charge in [-0.1, -0.05) is 39.8 Å². The van der Waals surface area contributed by atoms with Crippen LogP contribution in [0.1, 0.15) is 50.0 Å². The largest absolute Gasteiger partial charge is 0.467 e. The number of carbonyl (C=O) groups is 2. The molecule has 20 heavy (non-hydrogen) atoms. The lowest BCUT2D eigenvalue weighted by Crippen LogP contribution is -2.41. The quantitative estimate of drug-likeness (QED) is 0.861. The molecule has 0 spiro atoms. The minimum absolute atomic E-state index is 0.0486. The summed E-state index contributed by atoms with van der Waals surface area (Å²) in [6.45, 7) is 8.18. The van der Waals surface area contributed by atoms with E-state index in [-0.39, 0.29) is 11.3 Å². The molecule has 0 aliphatic heterocycles. The summed E-state index contributed by atoms with van der Waals surface area (Å²) in [7, 11) is 1.31. The molecule has 1 amide bonds. The zero-order valence-electron chi connectivity index (χ0n) is 12.8. The Balaban J connectivity index is 2.80. The fraction of sp³-hybridized carbons (Fsp3) is 0.500. The van der Waals surface area contributed by atoms with Gasteiger partial charge in [0.2, 0.25) is 0 Å². The minimum atomic E-state index is -0.602. The predicted molar refractivity (Wildman–Crippen MR) is 78.7 cm³/mol. The van der Waals surface area contributed by atoms with Gasteiger partial charge in [0.05, 0.1) is 7.11 Å². The second-order valence-electron chi connectivity index (χ2n) is 5.78. The molecule has 0 bridgehead atoms. The first kappa shape index (κ1) is 16.2. The molecule has 0 radical (unpaired) electrons. The summed E-state index contributed by atoms with van der Waals surface area (Å²) in [6.07, 6.45) is 0.499.